The van der Waals surface area contributed by atoms with E-state index in [9.17, 15) is 18.0 Å². The van der Waals surface area contributed by atoms with E-state index in [-0.39, 0.29) is 22.7 Å². The number of fused-ring (bicyclic) bond motifs is 1. The van der Waals surface area contributed by atoms with Gasteiger partial charge in [0, 0.05) is 41.5 Å². The maximum Gasteiger partial charge on any atom is 0.330 e. The third kappa shape index (κ3) is 4.08. The lowest BCUT2D eigenvalue weighted by Gasteiger charge is -2.33. The highest BCUT2D eigenvalue weighted by Crippen LogP contribution is 2.33. The van der Waals surface area contributed by atoms with Gasteiger partial charge >= 0.3 is 5.69 Å². The zero-order valence-electron chi connectivity index (χ0n) is 19.5. The lowest BCUT2D eigenvalue weighted by molar-refractivity contribution is 0.00915. The summed E-state index contributed by atoms with van der Waals surface area (Å²) in [5.74, 6) is 0.607. The summed E-state index contributed by atoms with van der Waals surface area (Å²) in [7, 11) is 1.86. The van der Waals surface area contributed by atoms with Gasteiger partial charge in [0.1, 0.15) is 0 Å². The predicted molar refractivity (Wildman–Crippen MR) is 121 cm³/mol. The summed E-state index contributed by atoms with van der Waals surface area (Å²) in [5.41, 5.74) is -1.16. The van der Waals surface area contributed by atoms with Crippen molar-refractivity contribution in [2.75, 3.05) is 34.0 Å². The van der Waals surface area contributed by atoms with Crippen LogP contribution < -0.4 is 11.2 Å². The van der Waals surface area contributed by atoms with Gasteiger partial charge in [-0.05, 0) is 31.0 Å². The number of ether oxygens (including phenoxy) is 2. The monoisotopic (exact) mass is 493 g/mol. The Morgan fingerprint density at radius 1 is 1.18 bits per heavy atom. The van der Waals surface area contributed by atoms with Crippen LogP contribution in [0, 0.1) is 0 Å². The number of sulfonamides is 1. The molecule has 0 saturated carbocycles. The molecule has 0 atom stereocenters. The van der Waals surface area contributed by atoms with Crippen molar-refractivity contribution in [1.29, 1.82) is 0 Å². The van der Waals surface area contributed by atoms with E-state index >= 15 is 0 Å². The van der Waals surface area contributed by atoms with Crippen LogP contribution in [0.15, 0.2) is 37.2 Å². The van der Waals surface area contributed by atoms with Crippen LogP contribution in [0.4, 0.5) is 0 Å². The number of aryl methyl sites for hydroxylation is 1. The van der Waals surface area contributed by atoms with Gasteiger partial charge in [-0.1, -0.05) is 5.16 Å². The molecule has 4 rings (SSSR count). The van der Waals surface area contributed by atoms with Crippen molar-refractivity contribution >= 4 is 20.9 Å². The Morgan fingerprint density at radius 3 is 2.56 bits per heavy atom. The molecule has 0 aliphatic carbocycles. The Kier molecular flexibility index (Phi) is 6.46. The third-order valence-corrected chi connectivity index (χ3v) is 8.12. The zero-order valence-corrected chi connectivity index (χ0v) is 20.3. The predicted octanol–water partition coefficient (Wildman–Crippen LogP) is 0.136. The van der Waals surface area contributed by atoms with Gasteiger partial charge in [0.25, 0.3) is 5.56 Å². The van der Waals surface area contributed by atoms with Gasteiger partial charge in [-0.2, -0.15) is 9.29 Å². The molecule has 2 aromatic heterocycles. The van der Waals surface area contributed by atoms with Crippen molar-refractivity contribution in [2.24, 2.45) is 14.1 Å². The standard InChI is InChI=1S/C21H27N5O7S/c1-24(12-17-22-19(23-33-17)21(13-31-4)7-9-32-10-8-21)34(29,30)14-5-6-16-15(11-14)18(27)26(3)20(28)25(16)2/h5-6,11H,7-10,12-13H2,1-4H3. The fourth-order valence-electron chi connectivity index (χ4n) is 4.20. The van der Waals surface area contributed by atoms with Crippen molar-refractivity contribution in [1.82, 2.24) is 23.6 Å². The molecule has 0 unspecified atom stereocenters. The van der Waals surface area contributed by atoms with Crippen LogP contribution in [0.1, 0.15) is 24.6 Å². The maximum atomic E-state index is 13.2. The van der Waals surface area contributed by atoms with E-state index in [1.807, 2.05) is 0 Å². The summed E-state index contributed by atoms with van der Waals surface area (Å²) in [6.45, 7) is 1.35. The molecule has 0 bridgehead atoms. The first-order valence-electron chi connectivity index (χ1n) is 10.7. The first kappa shape index (κ1) is 24.3. The number of rotatable bonds is 7. The highest BCUT2D eigenvalue weighted by Gasteiger charge is 2.39. The largest absolute Gasteiger partial charge is 0.384 e. The fourth-order valence-corrected chi connectivity index (χ4v) is 5.34. The van der Waals surface area contributed by atoms with E-state index in [1.54, 1.807) is 7.11 Å². The van der Waals surface area contributed by atoms with Gasteiger partial charge < -0.3 is 14.0 Å². The summed E-state index contributed by atoms with van der Waals surface area (Å²) in [6.07, 6.45) is 1.34. The second kappa shape index (κ2) is 9.06. The molecule has 1 fully saturated rings. The molecule has 1 saturated heterocycles. The van der Waals surface area contributed by atoms with Gasteiger partial charge in [-0.3, -0.25) is 13.9 Å². The van der Waals surface area contributed by atoms with Crippen LogP contribution in [0.5, 0.6) is 0 Å². The van der Waals surface area contributed by atoms with Crippen LogP contribution in [-0.4, -0.2) is 66.0 Å². The highest BCUT2D eigenvalue weighted by atomic mass is 32.2. The first-order chi connectivity index (χ1) is 16.1. The Labute approximate surface area is 195 Å². The SMILES string of the molecule is COCC1(c2noc(CN(C)S(=O)(=O)c3ccc4c(c3)c(=O)n(C)c(=O)n4C)n2)CCOCC1. The Morgan fingerprint density at radius 2 is 1.88 bits per heavy atom. The lowest BCUT2D eigenvalue weighted by atomic mass is 9.80. The lowest BCUT2D eigenvalue weighted by Crippen LogP contribution is -2.39. The summed E-state index contributed by atoms with van der Waals surface area (Å²) in [4.78, 5) is 29.1. The molecule has 184 valence electrons. The molecule has 1 aromatic carbocycles. The van der Waals surface area contributed by atoms with E-state index in [2.05, 4.69) is 10.1 Å². The van der Waals surface area contributed by atoms with E-state index in [0.717, 1.165) is 8.87 Å². The smallest absolute Gasteiger partial charge is 0.330 e. The maximum absolute atomic E-state index is 13.2. The van der Waals surface area contributed by atoms with E-state index in [0.29, 0.717) is 44.0 Å². The molecule has 12 nitrogen and oxygen atoms in total. The van der Waals surface area contributed by atoms with Crippen LogP contribution in [0.3, 0.4) is 0 Å². The topological polar surface area (TPSA) is 139 Å². The van der Waals surface area contributed by atoms with Gasteiger partial charge in [0.2, 0.25) is 15.9 Å². The van der Waals surface area contributed by atoms with Crippen molar-refractivity contribution in [2.45, 2.75) is 29.7 Å². The number of methoxy groups -OCH3 is 1. The number of aromatic nitrogens is 4. The quantitative estimate of drug-likeness (QED) is 0.449. The summed E-state index contributed by atoms with van der Waals surface area (Å²) < 4.78 is 46.0. The molecule has 0 radical (unpaired) electrons. The Bertz CT molecular complexity index is 1430. The first-order valence-corrected chi connectivity index (χ1v) is 12.1. The van der Waals surface area contributed by atoms with Gasteiger partial charge in [-0.15, -0.1) is 0 Å². The number of hydrogen-bond donors (Lipinski definition) is 0. The van der Waals surface area contributed by atoms with Gasteiger partial charge in [0.15, 0.2) is 5.82 Å². The van der Waals surface area contributed by atoms with Crippen molar-refractivity contribution in [3.63, 3.8) is 0 Å². The van der Waals surface area contributed by atoms with Crippen molar-refractivity contribution in [3.8, 4) is 0 Å². The van der Waals surface area contributed by atoms with Gasteiger partial charge in [0.05, 0.1) is 34.4 Å². The highest BCUT2D eigenvalue weighted by molar-refractivity contribution is 7.89. The van der Waals surface area contributed by atoms with Crippen molar-refractivity contribution in [3.05, 3.63) is 50.8 Å². The normalized spacial score (nSPS) is 16.4. The average Bonchev–Trinajstić information content (AvgIpc) is 3.31. The number of nitrogens with zero attached hydrogens (tertiary/aromatic N) is 5. The summed E-state index contributed by atoms with van der Waals surface area (Å²) in [6, 6.07) is 4.09. The second-order valence-corrected chi connectivity index (χ2v) is 10.5. The van der Waals surface area contributed by atoms with Crippen LogP contribution >= 0.6 is 0 Å². The minimum atomic E-state index is -4.00. The molecule has 0 amide bonds. The number of benzene rings is 1. The van der Waals surface area contributed by atoms with E-state index in [1.165, 1.54) is 43.9 Å². The summed E-state index contributed by atoms with van der Waals surface area (Å²) >= 11 is 0. The Balaban J connectivity index is 1.63. The molecule has 0 spiro atoms. The molecule has 1 aliphatic heterocycles. The molecule has 3 heterocycles. The molecule has 34 heavy (non-hydrogen) atoms. The molecule has 0 N–H and O–H groups in total. The zero-order chi connectivity index (χ0) is 24.7. The third-order valence-electron chi connectivity index (χ3n) is 6.32. The van der Waals surface area contributed by atoms with E-state index in [4.69, 9.17) is 14.0 Å². The Hall–Kier alpha value is -2.87. The minimum absolute atomic E-state index is 0.0849. The van der Waals surface area contributed by atoms with Crippen LogP contribution in [0.25, 0.3) is 10.9 Å². The van der Waals surface area contributed by atoms with Crippen LogP contribution in [0.2, 0.25) is 0 Å². The average molecular weight is 494 g/mol. The summed E-state index contributed by atoms with van der Waals surface area (Å²) in [5, 5.41) is 4.22. The second-order valence-electron chi connectivity index (χ2n) is 8.48. The fraction of sp³-hybridized carbons (Fsp3) is 0.524. The molecule has 3 aromatic rings. The van der Waals surface area contributed by atoms with E-state index < -0.39 is 26.7 Å². The molecular formula is C21H27N5O7S. The molecule has 13 heteroatoms. The van der Waals surface area contributed by atoms with Gasteiger partial charge in [-0.25, -0.2) is 13.2 Å². The molecule has 1 aliphatic rings. The van der Waals surface area contributed by atoms with Crippen LogP contribution in [-0.2, 0) is 45.6 Å². The minimum Gasteiger partial charge on any atom is -0.384 e. The van der Waals surface area contributed by atoms with Crippen molar-refractivity contribution < 1.29 is 22.4 Å². The molecular weight excluding hydrogens is 466 g/mol. The number of hydrogen-bond acceptors (Lipinski definition) is 9.